The minimum absolute atomic E-state index is 0.0123. The summed E-state index contributed by atoms with van der Waals surface area (Å²) in [6.07, 6.45) is 4.11. The number of pyridine rings is 1. The molecule has 3 aromatic rings. The highest BCUT2D eigenvalue weighted by atomic mass is 32.1. The summed E-state index contributed by atoms with van der Waals surface area (Å²) in [4.78, 5) is 6.82. The molecule has 0 unspecified atom stereocenters. The number of nitrogens with zero attached hydrogens (tertiary/aromatic N) is 3. The van der Waals surface area contributed by atoms with Crippen LogP contribution in [0.3, 0.4) is 0 Å². The third-order valence-corrected chi connectivity index (χ3v) is 5.57. The Bertz CT molecular complexity index is 998. The van der Waals surface area contributed by atoms with Gasteiger partial charge in [0.05, 0.1) is 17.8 Å². The van der Waals surface area contributed by atoms with Crippen LogP contribution in [0.15, 0.2) is 67.0 Å². The zero-order chi connectivity index (χ0) is 21.3. The lowest BCUT2D eigenvalue weighted by Crippen LogP contribution is -2.30. The van der Waals surface area contributed by atoms with Crippen LogP contribution in [0.2, 0.25) is 0 Å². The van der Waals surface area contributed by atoms with Gasteiger partial charge in [-0.25, -0.2) is 0 Å². The van der Waals surface area contributed by atoms with Gasteiger partial charge in [-0.3, -0.25) is 4.98 Å². The Morgan fingerprint density at radius 3 is 2.40 bits per heavy atom. The average Bonchev–Trinajstić information content (AvgIpc) is 3.33. The maximum Gasteiger partial charge on any atom is 0.174 e. The number of nitrogens with one attached hydrogen (secondary N) is 1. The van der Waals surface area contributed by atoms with E-state index in [0.29, 0.717) is 11.2 Å². The lowest BCUT2D eigenvalue weighted by Gasteiger charge is -2.30. The van der Waals surface area contributed by atoms with Gasteiger partial charge in [0.15, 0.2) is 5.11 Å². The maximum absolute atomic E-state index is 5.82. The van der Waals surface area contributed by atoms with Crippen LogP contribution in [0.1, 0.15) is 57.2 Å². The summed E-state index contributed by atoms with van der Waals surface area (Å²) in [5.74, 6) is 0.857. The molecule has 0 radical (unpaired) electrons. The molecule has 2 aromatic heterocycles. The Balaban J connectivity index is 1.77. The van der Waals surface area contributed by atoms with E-state index in [9.17, 15) is 0 Å². The van der Waals surface area contributed by atoms with E-state index in [-0.39, 0.29) is 18.2 Å². The van der Waals surface area contributed by atoms with Crippen molar-refractivity contribution in [3.63, 3.8) is 0 Å². The summed E-state index contributed by atoms with van der Waals surface area (Å²) in [7, 11) is 0. The summed E-state index contributed by atoms with van der Waals surface area (Å²) < 4.78 is 8.12. The highest BCUT2D eigenvalue weighted by Gasteiger charge is 2.42. The fourth-order valence-corrected chi connectivity index (χ4v) is 4.36. The molecule has 1 N–H and O–H groups in total. The fourth-order valence-electron chi connectivity index (χ4n) is 4.02. The topological polar surface area (TPSA) is 42.3 Å². The Kier molecular flexibility index (Phi) is 5.77. The van der Waals surface area contributed by atoms with E-state index >= 15 is 0 Å². The van der Waals surface area contributed by atoms with E-state index in [1.807, 2.05) is 44.3 Å². The van der Waals surface area contributed by atoms with Gasteiger partial charge in [-0.1, -0.05) is 6.07 Å². The number of rotatable bonds is 6. The lowest BCUT2D eigenvalue weighted by atomic mass is 10.0. The predicted octanol–water partition coefficient (Wildman–Crippen LogP) is 5.43. The van der Waals surface area contributed by atoms with Crippen LogP contribution in [-0.4, -0.2) is 20.8 Å². The molecule has 156 valence electrons. The minimum Gasteiger partial charge on any atom is -0.491 e. The van der Waals surface area contributed by atoms with Crippen molar-refractivity contribution in [2.45, 2.75) is 51.9 Å². The molecule has 0 aliphatic carbocycles. The zero-order valence-electron chi connectivity index (χ0n) is 17.8. The highest BCUT2D eigenvalue weighted by molar-refractivity contribution is 7.80. The first-order valence-corrected chi connectivity index (χ1v) is 10.8. The third-order valence-electron chi connectivity index (χ3n) is 5.26. The zero-order valence-corrected chi connectivity index (χ0v) is 18.6. The normalized spacial score (nSPS) is 18.9. The number of hydrogen-bond acceptors (Lipinski definition) is 3. The van der Waals surface area contributed by atoms with Crippen LogP contribution < -0.4 is 15.0 Å². The molecule has 30 heavy (non-hydrogen) atoms. The molecule has 2 atom stereocenters. The quantitative estimate of drug-likeness (QED) is 0.539. The summed E-state index contributed by atoms with van der Waals surface area (Å²) in [6, 6.07) is 18.7. The number of benzene rings is 1. The molecule has 0 amide bonds. The van der Waals surface area contributed by atoms with Gasteiger partial charge in [-0.05, 0) is 88.4 Å². The minimum atomic E-state index is -0.0438. The van der Waals surface area contributed by atoms with Crippen LogP contribution >= 0.6 is 12.2 Å². The van der Waals surface area contributed by atoms with Gasteiger partial charge in [0.1, 0.15) is 11.8 Å². The highest BCUT2D eigenvalue weighted by Crippen LogP contribution is 2.42. The predicted molar refractivity (Wildman–Crippen MR) is 125 cm³/mol. The summed E-state index contributed by atoms with van der Waals surface area (Å²) in [5.41, 5.74) is 3.21. The standard InChI is InChI=1S/C24H28N4OS/c1-16(2)27-15-7-9-21(27)23-22(20-8-5-6-14-25-20)26-24(30)28(23)18-10-12-19(13-11-18)29-17(3)4/h5-17,22-23H,1-4H3,(H,26,30)/t22-,23-/m0/s1. The van der Waals surface area contributed by atoms with Crippen LogP contribution in [0.25, 0.3) is 0 Å². The molecule has 0 spiro atoms. The lowest BCUT2D eigenvalue weighted by molar-refractivity contribution is 0.242. The number of anilines is 1. The van der Waals surface area contributed by atoms with Crippen molar-refractivity contribution in [2.75, 3.05) is 4.90 Å². The fraction of sp³-hybridized carbons (Fsp3) is 0.333. The summed E-state index contributed by atoms with van der Waals surface area (Å²) >= 11 is 5.81. The second-order valence-corrected chi connectivity index (χ2v) is 8.48. The number of thiocarbonyl (C=S) groups is 1. The molecule has 1 saturated heterocycles. The smallest absolute Gasteiger partial charge is 0.174 e. The van der Waals surface area contributed by atoms with Crippen molar-refractivity contribution in [3.05, 3.63) is 78.4 Å². The van der Waals surface area contributed by atoms with E-state index in [4.69, 9.17) is 17.0 Å². The Hall–Kier alpha value is -2.86. The first kappa shape index (κ1) is 20.4. The van der Waals surface area contributed by atoms with Gasteiger partial charge in [-0.2, -0.15) is 0 Å². The molecule has 0 bridgehead atoms. The molecule has 1 aliphatic heterocycles. The monoisotopic (exact) mass is 420 g/mol. The van der Waals surface area contributed by atoms with E-state index in [0.717, 1.165) is 17.1 Å². The van der Waals surface area contributed by atoms with Crippen LogP contribution in [0.4, 0.5) is 5.69 Å². The molecule has 6 heteroatoms. The van der Waals surface area contributed by atoms with Crippen LogP contribution in [-0.2, 0) is 0 Å². The Labute approximate surface area is 183 Å². The van der Waals surface area contributed by atoms with Crippen molar-refractivity contribution < 1.29 is 4.74 Å². The van der Waals surface area contributed by atoms with Gasteiger partial charge in [-0.15, -0.1) is 0 Å². The molecule has 4 rings (SSSR count). The Morgan fingerprint density at radius 1 is 1.00 bits per heavy atom. The van der Waals surface area contributed by atoms with Crippen molar-refractivity contribution in [1.82, 2.24) is 14.9 Å². The van der Waals surface area contributed by atoms with Crippen molar-refractivity contribution in [2.24, 2.45) is 0 Å². The number of aromatic nitrogens is 2. The van der Waals surface area contributed by atoms with Crippen molar-refractivity contribution in [3.8, 4) is 5.75 Å². The molecule has 1 aromatic carbocycles. The average molecular weight is 421 g/mol. The van der Waals surface area contributed by atoms with Gasteiger partial charge in [0.25, 0.3) is 0 Å². The Morgan fingerprint density at radius 2 is 1.77 bits per heavy atom. The van der Waals surface area contributed by atoms with Crippen molar-refractivity contribution in [1.29, 1.82) is 0 Å². The summed E-state index contributed by atoms with van der Waals surface area (Å²) in [6.45, 7) is 8.45. The molecule has 3 heterocycles. The van der Waals surface area contributed by atoms with Gasteiger partial charge in [0.2, 0.25) is 0 Å². The maximum atomic E-state index is 5.82. The van der Waals surface area contributed by atoms with E-state index < -0.39 is 0 Å². The van der Waals surface area contributed by atoms with E-state index in [1.165, 1.54) is 5.69 Å². The third kappa shape index (κ3) is 3.92. The molecule has 1 aliphatic rings. The van der Waals surface area contributed by atoms with Crippen LogP contribution in [0, 0.1) is 0 Å². The molecule has 0 saturated carbocycles. The van der Waals surface area contributed by atoms with E-state index in [2.05, 4.69) is 70.1 Å². The molecule has 5 nitrogen and oxygen atoms in total. The summed E-state index contributed by atoms with van der Waals surface area (Å²) in [5, 5.41) is 4.22. The van der Waals surface area contributed by atoms with Crippen molar-refractivity contribution >= 4 is 23.0 Å². The molecular formula is C24H28N4OS. The molecular weight excluding hydrogens is 392 g/mol. The second kappa shape index (κ2) is 8.48. The number of hydrogen-bond donors (Lipinski definition) is 1. The molecule has 1 fully saturated rings. The van der Waals surface area contributed by atoms with Gasteiger partial charge < -0.3 is 19.5 Å². The SMILES string of the molecule is CC(C)Oc1ccc(N2C(=S)N[C@@H](c3ccccn3)[C@@H]2c2cccn2C(C)C)cc1. The first-order valence-electron chi connectivity index (χ1n) is 10.4. The van der Waals surface area contributed by atoms with E-state index in [1.54, 1.807) is 0 Å². The van der Waals surface area contributed by atoms with Crippen LogP contribution in [0.5, 0.6) is 5.75 Å². The van der Waals surface area contributed by atoms with Gasteiger partial charge >= 0.3 is 0 Å². The second-order valence-electron chi connectivity index (χ2n) is 8.09. The first-order chi connectivity index (χ1) is 14.5. The largest absolute Gasteiger partial charge is 0.491 e. The van der Waals surface area contributed by atoms with Gasteiger partial charge in [0, 0.05) is 29.8 Å². The number of ether oxygens (including phenoxy) is 1.